The standard InChI is InChI=1S/C24H26FN9O2S/c1-13-5-4-10-34(17(11-13)31-21(35)15-7-9-27-15)24-16(12-29-33(24)2)30-22(36)19-20(26)37-23(32-19)18-14(25)6-3-8-28-18/h3,6-9,12-13,17H,4-5,10-11,26H2,1-2H3,(H,30,36)(H,31,35). The van der Waals surface area contributed by atoms with Crippen LogP contribution in [-0.4, -0.2) is 50.5 Å². The van der Waals surface area contributed by atoms with E-state index in [1.54, 1.807) is 30.2 Å². The molecule has 1 saturated heterocycles. The molecule has 13 heteroatoms. The first kappa shape index (κ1) is 24.6. The van der Waals surface area contributed by atoms with Crippen molar-refractivity contribution in [3.63, 3.8) is 0 Å². The lowest BCUT2D eigenvalue weighted by atomic mass is 10.0. The van der Waals surface area contributed by atoms with E-state index in [1.807, 2.05) is 4.90 Å². The molecule has 2 atom stereocenters. The van der Waals surface area contributed by atoms with Gasteiger partial charge in [0.25, 0.3) is 11.8 Å². The van der Waals surface area contributed by atoms with E-state index in [1.165, 1.54) is 18.3 Å². The van der Waals surface area contributed by atoms with Gasteiger partial charge in [0.1, 0.15) is 33.3 Å². The number of nitrogens with one attached hydrogen (secondary N) is 2. The highest BCUT2D eigenvalue weighted by Gasteiger charge is 2.31. The fourth-order valence-electron chi connectivity index (χ4n) is 4.47. The Morgan fingerprint density at radius 3 is 2.84 bits per heavy atom. The Balaban J connectivity index is 1.41. The van der Waals surface area contributed by atoms with Crippen molar-refractivity contribution in [3.8, 4) is 10.7 Å². The summed E-state index contributed by atoms with van der Waals surface area (Å²) in [6, 6.07) is 2.75. The first-order valence-electron chi connectivity index (χ1n) is 11.8. The van der Waals surface area contributed by atoms with Crippen LogP contribution in [0.4, 0.5) is 20.9 Å². The van der Waals surface area contributed by atoms with Gasteiger partial charge in [-0.15, -0.1) is 0 Å². The molecular formula is C24H26FN9O2S. The molecule has 3 aromatic heterocycles. The predicted molar refractivity (Wildman–Crippen MR) is 140 cm³/mol. The number of anilines is 3. The lowest BCUT2D eigenvalue weighted by molar-refractivity contribution is -0.118. The molecule has 11 nitrogen and oxygen atoms in total. The van der Waals surface area contributed by atoms with Crippen LogP contribution in [0.15, 0.2) is 41.3 Å². The van der Waals surface area contributed by atoms with Crippen LogP contribution in [0.25, 0.3) is 10.7 Å². The molecule has 3 aromatic rings. The van der Waals surface area contributed by atoms with Gasteiger partial charge in [-0.3, -0.25) is 24.2 Å². The summed E-state index contributed by atoms with van der Waals surface area (Å²) in [6.45, 7) is 2.81. The van der Waals surface area contributed by atoms with Gasteiger partial charge < -0.3 is 21.3 Å². The minimum atomic E-state index is -0.552. The summed E-state index contributed by atoms with van der Waals surface area (Å²) in [5.41, 5.74) is 6.91. The summed E-state index contributed by atoms with van der Waals surface area (Å²) in [6.07, 6.45) is 8.55. The van der Waals surface area contributed by atoms with E-state index in [0.717, 1.165) is 30.6 Å². The van der Waals surface area contributed by atoms with Gasteiger partial charge >= 0.3 is 0 Å². The molecular weight excluding hydrogens is 497 g/mol. The molecule has 2 unspecified atom stereocenters. The maximum absolute atomic E-state index is 14.2. The number of nitrogens with zero attached hydrogens (tertiary/aromatic N) is 6. The minimum Gasteiger partial charge on any atom is -0.389 e. The van der Waals surface area contributed by atoms with Crippen molar-refractivity contribution in [1.29, 1.82) is 0 Å². The number of nitrogens with two attached hydrogens (primary N) is 1. The lowest BCUT2D eigenvalue weighted by Gasteiger charge is -2.33. The maximum Gasteiger partial charge on any atom is 0.277 e. The fourth-order valence-corrected chi connectivity index (χ4v) is 5.30. The molecule has 2 aliphatic rings. The average molecular weight is 524 g/mol. The summed E-state index contributed by atoms with van der Waals surface area (Å²) in [7, 11) is 1.77. The fraction of sp³-hybridized carbons (Fsp3) is 0.333. The monoisotopic (exact) mass is 523 g/mol. The molecule has 2 amide bonds. The number of aliphatic imine (C=N–C) groups is 1. The SMILES string of the molecule is CC1CCCN(c2c(NC(=O)c3nc(-c4ncccc4F)sc3N)cnn2C)C(NC(=O)C2=CC=N2)C1. The summed E-state index contributed by atoms with van der Waals surface area (Å²) < 4.78 is 15.9. The second-order valence-electron chi connectivity index (χ2n) is 9.02. The van der Waals surface area contributed by atoms with Crippen molar-refractivity contribution in [2.24, 2.45) is 18.0 Å². The molecule has 5 rings (SSSR count). The minimum absolute atomic E-state index is 0.0241. The summed E-state index contributed by atoms with van der Waals surface area (Å²) in [5, 5.41) is 10.6. The Morgan fingerprint density at radius 1 is 1.30 bits per heavy atom. The molecule has 192 valence electrons. The van der Waals surface area contributed by atoms with E-state index in [-0.39, 0.29) is 33.5 Å². The van der Waals surface area contributed by atoms with Crippen molar-refractivity contribution in [2.75, 3.05) is 22.5 Å². The van der Waals surface area contributed by atoms with Gasteiger partial charge in [0, 0.05) is 26.0 Å². The number of nitrogen functional groups attached to an aromatic ring is 1. The number of hydrogen-bond donors (Lipinski definition) is 3. The molecule has 5 heterocycles. The second kappa shape index (κ2) is 10.1. The van der Waals surface area contributed by atoms with Crippen LogP contribution >= 0.6 is 11.3 Å². The van der Waals surface area contributed by atoms with Gasteiger partial charge in [-0.2, -0.15) is 5.10 Å². The van der Waals surface area contributed by atoms with E-state index >= 15 is 0 Å². The molecule has 0 bridgehead atoms. The van der Waals surface area contributed by atoms with Gasteiger partial charge in [0.2, 0.25) is 0 Å². The summed E-state index contributed by atoms with van der Waals surface area (Å²) >= 11 is 0.986. The number of thiazole rings is 1. The summed E-state index contributed by atoms with van der Waals surface area (Å²) in [5.74, 6) is -0.318. The maximum atomic E-state index is 14.2. The zero-order valence-corrected chi connectivity index (χ0v) is 21.1. The largest absolute Gasteiger partial charge is 0.389 e. The highest BCUT2D eigenvalue weighted by Crippen LogP contribution is 2.34. The molecule has 2 aliphatic heterocycles. The molecule has 0 spiro atoms. The number of aromatic nitrogens is 4. The van der Waals surface area contributed by atoms with Gasteiger partial charge in [-0.1, -0.05) is 18.3 Å². The van der Waals surface area contributed by atoms with Crippen LogP contribution in [0.5, 0.6) is 0 Å². The van der Waals surface area contributed by atoms with Crippen LogP contribution in [0, 0.1) is 11.7 Å². The summed E-state index contributed by atoms with van der Waals surface area (Å²) in [4.78, 5) is 40.2. The zero-order chi connectivity index (χ0) is 26.1. The van der Waals surface area contributed by atoms with Gasteiger partial charge in [0.15, 0.2) is 17.3 Å². The molecule has 0 aromatic carbocycles. The quantitative estimate of drug-likeness (QED) is 0.451. The number of amides is 2. The van der Waals surface area contributed by atoms with Crippen LogP contribution in [0.1, 0.15) is 36.7 Å². The number of carbonyl (C=O) groups excluding carboxylic acids is 2. The molecule has 37 heavy (non-hydrogen) atoms. The number of pyridine rings is 1. The van der Waals surface area contributed by atoms with Gasteiger partial charge in [0.05, 0.1) is 6.20 Å². The normalized spacial score (nSPS) is 19.1. The first-order chi connectivity index (χ1) is 17.8. The number of halogens is 1. The third-order valence-electron chi connectivity index (χ3n) is 6.33. The molecule has 0 radical (unpaired) electrons. The van der Waals surface area contributed by atoms with Crippen molar-refractivity contribution < 1.29 is 14.0 Å². The molecule has 0 aliphatic carbocycles. The van der Waals surface area contributed by atoms with Crippen LogP contribution < -0.4 is 21.3 Å². The molecule has 4 N–H and O–H groups in total. The van der Waals surface area contributed by atoms with Crippen molar-refractivity contribution in [1.82, 2.24) is 25.1 Å². The zero-order valence-electron chi connectivity index (χ0n) is 20.3. The molecule has 1 fully saturated rings. The predicted octanol–water partition coefficient (Wildman–Crippen LogP) is 2.95. The van der Waals surface area contributed by atoms with Crippen molar-refractivity contribution in [3.05, 3.63) is 47.8 Å². The van der Waals surface area contributed by atoms with E-state index in [4.69, 9.17) is 5.73 Å². The van der Waals surface area contributed by atoms with Crippen LogP contribution in [-0.2, 0) is 11.8 Å². The van der Waals surface area contributed by atoms with E-state index < -0.39 is 11.7 Å². The Hall–Kier alpha value is -4.13. The number of allylic oxidation sites excluding steroid dienone is 1. The number of carbonyl (C=O) groups is 2. The highest BCUT2D eigenvalue weighted by atomic mass is 32.1. The highest BCUT2D eigenvalue weighted by molar-refractivity contribution is 7.19. The second-order valence-corrected chi connectivity index (χ2v) is 10.1. The number of rotatable bonds is 6. The van der Waals surface area contributed by atoms with E-state index in [9.17, 15) is 14.0 Å². The Kier molecular flexibility index (Phi) is 6.70. The number of aryl methyl sites for hydroxylation is 1. The third-order valence-corrected chi connectivity index (χ3v) is 7.22. The van der Waals surface area contributed by atoms with Gasteiger partial charge in [-0.05, 0) is 43.4 Å². The van der Waals surface area contributed by atoms with Crippen LogP contribution in [0.3, 0.4) is 0 Å². The first-order valence-corrected chi connectivity index (χ1v) is 12.7. The number of hydrogen-bond acceptors (Lipinski definition) is 9. The van der Waals surface area contributed by atoms with E-state index in [2.05, 4.69) is 37.6 Å². The van der Waals surface area contributed by atoms with Crippen LogP contribution in [0.2, 0.25) is 0 Å². The van der Waals surface area contributed by atoms with Gasteiger partial charge in [-0.25, -0.2) is 9.37 Å². The average Bonchev–Trinajstić information content (AvgIpc) is 3.32. The smallest absolute Gasteiger partial charge is 0.277 e. The Labute approximate surface area is 216 Å². The van der Waals surface area contributed by atoms with Crippen molar-refractivity contribution in [2.45, 2.75) is 32.4 Å². The molecule has 0 saturated carbocycles. The third kappa shape index (κ3) is 4.94. The topological polar surface area (TPSA) is 143 Å². The Morgan fingerprint density at radius 2 is 2.11 bits per heavy atom. The van der Waals surface area contributed by atoms with E-state index in [0.29, 0.717) is 29.7 Å². The lowest BCUT2D eigenvalue weighted by Crippen LogP contribution is -2.50. The van der Waals surface area contributed by atoms with Crippen molar-refractivity contribution >= 4 is 45.9 Å². The Bertz CT molecular complexity index is 1410.